The fourth-order valence-corrected chi connectivity index (χ4v) is 4.98. The molecule has 2 aliphatic carbocycles. The molecule has 2 amide bonds. The molecule has 1 aromatic rings. The maximum absolute atomic E-state index is 12.7. The van der Waals surface area contributed by atoms with Crippen molar-refractivity contribution in [2.24, 2.45) is 28.7 Å². The lowest BCUT2D eigenvalue weighted by molar-refractivity contribution is -0.140. The third kappa shape index (κ3) is 3.93. The molecule has 2 fully saturated rings. The highest BCUT2D eigenvalue weighted by molar-refractivity contribution is 6.06. The number of aryl methyl sites for hydroxylation is 1. The number of amides is 2. The molecular weight excluding hydrogens is 380 g/mol. The van der Waals surface area contributed by atoms with Gasteiger partial charge in [-0.1, -0.05) is 24.3 Å². The molecule has 0 spiro atoms. The van der Waals surface area contributed by atoms with Crippen LogP contribution in [0.4, 0.5) is 0 Å². The molecule has 4 atom stereocenters. The van der Waals surface area contributed by atoms with Crippen LogP contribution < -0.4 is 15.4 Å². The topological polar surface area (TPSA) is 83.0 Å². The summed E-state index contributed by atoms with van der Waals surface area (Å²) in [4.78, 5) is 31.1. The third-order valence-corrected chi connectivity index (χ3v) is 6.51. The van der Waals surface area contributed by atoms with Gasteiger partial charge in [0.25, 0.3) is 0 Å². The van der Waals surface area contributed by atoms with Crippen LogP contribution in [0.1, 0.15) is 18.4 Å². The summed E-state index contributed by atoms with van der Waals surface area (Å²) in [6.45, 7) is 1.67. The zero-order valence-corrected chi connectivity index (χ0v) is 17.6. The van der Waals surface area contributed by atoms with Gasteiger partial charge in [0.2, 0.25) is 11.8 Å². The second-order valence-electron chi connectivity index (χ2n) is 8.21. The van der Waals surface area contributed by atoms with Crippen molar-refractivity contribution >= 4 is 17.8 Å². The number of hydrogen-bond donors (Lipinski definition) is 2. The summed E-state index contributed by atoms with van der Waals surface area (Å²) in [6.07, 6.45) is 7.14. The van der Waals surface area contributed by atoms with Gasteiger partial charge in [-0.3, -0.25) is 19.5 Å². The molecular formula is C23H30N4O3. The summed E-state index contributed by atoms with van der Waals surface area (Å²) >= 11 is 0. The Bertz CT molecular complexity index is 819. The van der Waals surface area contributed by atoms with Crippen LogP contribution >= 0.6 is 0 Å². The first kappa shape index (κ1) is 20.4. The molecule has 4 unspecified atom stereocenters. The monoisotopic (exact) mass is 410 g/mol. The number of methoxy groups -OCH3 is 1. The Morgan fingerprint density at radius 3 is 2.30 bits per heavy atom. The number of ether oxygens (including phenoxy) is 1. The Balaban J connectivity index is 1.17. The van der Waals surface area contributed by atoms with Gasteiger partial charge in [0.05, 0.1) is 18.9 Å². The summed E-state index contributed by atoms with van der Waals surface area (Å²) in [5.74, 6) is 1.83. The fourth-order valence-electron chi connectivity index (χ4n) is 4.98. The van der Waals surface area contributed by atoms with E-state index in [4.69, 9.17) is 4.74 Å². The standard InChI is InChI=1S/C23H30N4O3/c1-24-23(25-11-3-4-15-5-9-18(30-2)10-6-15)26-12-13-27-21(28)19-16-7-8-17(14-16)20(19)22(27)29/h5-10,16-17,19-20H,3-4,11-14H2,1-2H3,(H2,24,25,26). The van der Waals surface area contributed by atoms with Gasteiger partial charge < -0.3 is 15.4 Å². The van der Waals surface area contributed by atoms with E-state index in [1.807, 2.05) is 12.1 Å². The molecule has 1 heterocycles. The molecule has 1 aliphatic heterocycles. The van der Waals surface area contributed by atoms with Gasteiger partial charge in [-0.2, -0.15) is 0 Å². The van der Waals surface area contributed by atoms with Crippen molar-refractivity contribution < 1.29 is 14.3 Å². The van der Waals surface area contributed by atoms with Crippen LogP contribution in [0, 0.1) is 23.7 Å². The van der Waals surface area contributed by atoms with Gasteiger partial charge in [0, 0.05) is 26.7 Å². The largest absolute Gasteiger partial charge is 0.497 e. The van der Waals surface area contributed by atoms with E-state index in [2.05, 4.69) is 39.9 Å². The van der Waals surface area contributed by atoms with E-state index in [9.17, 15) is 9.59 Å². The minimum atomic E-state index is -0.122. The molecule has 0 aromatic heterocycles. The van der Waals surface area contributed by atoms with Gasteiger partial charge >= 0.3 is 0 Å². The van der Waals surface area contributed by atoms with Crippen molar-refractivity contribution in [1.82, 2.24) is 15.5 Å². The molecule has 7 heteroatoms. The molecule has 3 aliphatic rings. The van der Waals surface area contributed by atoms with E-state index in [0.29, 0.717) is 19.0 Å². The Hall–Kier alpha value is -2.83. The molecule has 2 N–H and O–H groups in total. The summed E-state index contributed by atoms with van der Waals surface area (Å²) in [6, 6.07) is 8.10. The number of nitrogens with zero attached hydrogens (tertiary/aromatic N) is 2. The molecule has 1 aromatic carbocycles. The minimum absolute atomic E-state index is 0.00564. The number of fused-ring (bicyclic) bond motifs is 5. The first-order chi connectivity index (χ1) is 14.6. The Morgan fingerprint density at radius 2 is 1.70 bits per heavy atom. The van der Waals surface area contributed by atoms with Gasteiger partial charge in [0.15, 0.2) is 5.96 Å². The van der Waals surface area contributed by atoms with E-state index >= 15 is 0 Å². The lowest BCUT2D eigenvalue weighted by atomic mass is 9.85. The van der Waals surface area contributed by atoms with E-state index in [1.54, 1.807) is 14.2 Å². The normalized spacial score (nSPS) is 27.0. The average Bonchev–Trinajstić information content (AvgIpc) is 3.45. The summed E-state index contributed by atoms with van der Waals surface area (Å²) in [5, 5.41) is 6.51. The average molecular weight is 411 g/mol. The second kappa shape index (κ2) is 8.90. The van der Waals surface area contributed by atoms with Crippen molar-refractivity contribution in [3.8, 4) is 5.75 Å². The van der Waals surface area contributed by atoms with Crippen molar-refractivity contribution in [3.05, 3.63) is 42.0 Å². The van der Waals surface area contributed by atoms with Crippen molar-refractivity contribution in [3.63, 3.8) is 0 Å². The number of hydrogen-bond acceptors (Lipinski definition) is 4. The predicted octanol–water partition coefficient (Wildman–Crippen LogP) is 1.60. The van der Waals surface area contributed by atoms with Crippen LogP contribution in [-0.2, 0) is 16.0 Å². The molecule has 160 valence electrons. The van der Waals surface area contributed by atoms with Gasteiger partial charge in [-0.05, 0) is 48.8 Å². The zero-order chi connectivity index (χ0) is 21.1. The first-order valence-corrected chi connectivity index (χ1v) is 10.7. The molecule has 7 nitrogen and oxygen atoms in total. The summed E-state index contributed by atoms with van der Waals surface area (Å²) < 4.78 is 5.18. The second-order valence-corrected chi connectivity index (χ2v) is 8.21. The van der Waals surface area contributed by atoms with Crippen molar-refractivity contribution in [1.29, 1.82) is 0 Å². The summed E-state index contributed by atoms with van der Waals surface area (Å²) in [7, 11) is 3.39. The Kier molecular flexibility index (Phi) is 6.06. The predicted molar refractivity (Wildman–Crippen MR) is 115 cm³/mol. The van der Waals surface area contributed by atoms with E-state index in [-0.39, 0.29) is 35.5 Å². The number of guanidine groups is 1. The third-order valence-electron chi connectivity index (χ3n) is 6.51. The molecule has 0 radical (unpaired) electrons. The number of benzene rings is 1. The molecule has 1 saturated heterocycles. The summed E-state index contributed by atoms with van der Waals surface area (Å²) in [5.41, 5.74) is 1.26. The first-order valence-electron chi connectivity index (χ1n) is 10.7. The molecule has 2 bridgehead atoms. The quantitative estimate of drug-likeness (QED) is 0.224. The van der Waals surface area contributed by atoms with E-state index < -0.39 is 0 Å². The van der Waals surface area contributed by atoms with Crippen LogP contribution in [0.3, 0.4) is 0 Å². The number of carbonyl (C=O) groups excluding carboxylic acids is 2. The highest BCUT2D eigenvalue weighted by Gasteiger charge is 2.58. The van der Waals surface area contributed by atoms with Gasteiger partial charge in [-0.15, -0.1) is 0 Å². The maximum atomic E-state index is 12.7. The smallest absolute Gasteiger partial charge is 0.233 e. The molecule has 30 heavy (non-hydrogen) atoms. The number of nitrogens with one attached hydrogen (secondary N) is 2. The van der Waals surface area contributed by atoms with Crippen LogP contribution in [0.25, 0.3) is 0 Å². The highest BCUT2D eigenvalue weighted by Crippen LogP contribution is 2.52. The maximum Gasteiger partial charge on any atom is 0.233 e. The van der Waals surface area contributed by atoms with Crippen LogP contribution in [0.2, 0.25) is 0 Å². The number of rotatable bonds is 8. The van der Waals surface area contributed by atoms with E-state index in [1.165, 1.54) is 10.5 Å². The molecule has 1 saturated carbocycles. The number of likely N-dealkylation sites (tertiary alicyclic amines) is 1. The van der Waals surface area contributed by atoms with Crippen LogP contribution in [0.5, 0.6) is 5.75 Å². The van der Waals surface area contributed by atoms with Crippen molar-refractivity contribution in [2.75, 3.05) is 33.8 Å². The number of aliphatic imine (C=N–C) groups is 1. The highest BCUT2D eigenvalue weighted by atomic mass is 16.5. The Morgan fingerprint density at radius 1 is 1.07 bits per heavy atom. The lowest BCUT2D eigenvalue weighted by Crippen LogP contribution is -2.44. The Labute approximate surface area is 177 Å². The molecule has 4 rings (SSSR count). The zero-order valence-electron chi connectivity index (χ0n) is 17.6. The van der Waals surface area contributed by atoms with Crippen molar-refractivity contribution in [2.45, 2.75) is 19.3 Å². The number of allylic oxidation sites excluding steroid dienone is 2. The van der Waals surface area contributed by atoms with E-state index in [0.717, 1.165) is 31.6 Å². The number of carbonyl (C=O) groups is 2. The fraction of sp³-hybridized carbons (Fsp3) is 0.522. The minimum Gasteiger partial charge on any atom is -0.497 e. The van der Waals surface area contributed by atoms with Crippen LogP contribution in [0.15, 0.2) is 41.4 Å². The van der Waals surface area contributed by atoms with Gasteiger partial charge in [0.1, 0.15) is 5.75 Å². The SMILES string of the molecule is CN=C(NCCCc1ccc(OC)cc1)NCCN1C(=O)C2C3C=CC(C3)C2C1=O. The lowest BCUT2D eigenvalue weighted by Gasteiger charge is -2.18. The van der Waals surface area contributed by atoms with Gasteiger partial charge in [-0.25, -0.2) is 0 Å². The van der Waals surface area contributed by atoms with Crippen LogP contribution in [-0.4, -0.2) is 56.5 Å². The number of imide groups is 1.